The van der Waals surface area contributed by atoms with Gasteiger partial charge in [0.2, 0.25) is 11.8 Å². The van der Waals surface area contributed by atoms with E-state index in [4.69, 9.17) is 14.2 Å². The lowest BCUT2D eigenvalue weighted by molar-refractivity contribution is -0.139. The molecule has 0 spiro atoms. The third-order valence-corrected chi connectivity index (χ3v) is 8.88. The number of halogens is 1. The smallest absolute Gasteiger partial charge is 0.264 e. The van der Waals surface area contributed by atoms with Crippen molar-refractivity contribution in [1.29, 1.82) is 0 Å². The molecule has 0 aliphatic carbocycles. The van der Waals surface area contributed by atoms with Crippen LogP contribution in [0, 0.1) is 0 Å². The fraction of sp³-hybridized carbons (Fsp3) is 0.355. The van der Waals surface area contributed by atoms with Crippen LogP contribution >= 0.6 is 15.9 Å². The molecule has 0 saturated carbocycles. The van der Waals surface area contributed by atoms with Crippen LogP contribution in [0.3, 0.4) is 0 Å². The first-order valence-corrected chi connectivity index (χ1v) is 16.1. The highest BCUT2D eigenvalue weighted by molar-refractivity contribution is 9.10. The summed E-state index contributed by atoms with van der Waals surface area (Å²) in [5, 5.41) is 2.83. The number of carbonyl (C=O) groups excluding carboxylic acids is 2. The van der Waals surface area contributed by atoms with Crippen molar-refractivity contribution in [2.45, 2.75) is 44.7 Å². The van der Waals surface area contributed by atoms with Gasteiger partial charge in [-0.25, -0.2) is 8.42 Å². The second-order valence-corrected chi connectivity index (χ2v) is 12.4. The summed E-state index contributed by atoms with van der Waals surface area (Å²) in [7, 11) is -1.44. The second kappa shape index (κ2) is 15.6. The number of anilines is 1. The third-order valence-electron chi connectivity index (χ3n) is 6.62. The highest BCUT2D eigenvalue weighted by atomic mass is 79.9. The lowest BCUT2D eigenvalue weighted by Crippen LogP contribution is -2.51. The molecule has 0 fully saturated rings. The molecule has 43 heavy (non-hydrogen) atoms. The van der Waals surface area contributed by atoms with Crippen molar-refractivity contribution in [2.24, 2.45) is 0 Å². The van der Waals surface area contributed by atoms with Crippen molar-refractivity contribution < 1.29 is 32.2 Å². The Kier molecular flexibility index (Phi) is 12.3. The SMILES string of the molecule is CCCNC(=O)C(C)N(Cc1cccc(Br)c1)C(=O)CN(c1ccc(OCC)cc1)S(=O)(=O)c1ccc(OC)c(OC)c1. The molecule has 3 aromatic carbocycles. The van der Waals surface area contributed by atoms with E-state index in [1.807, 2.05) is 38.1 Å². The molecule has 3 rings (SSSR count). The molecule has 0 saturated heterocycles. The van der Waals surface area contributed by atoms with Crippen LogP contribution in [0.5, 0.6) is 17.2 Å². The highest BCUT2D eigenvalue weighted by Gasteiger charge is 2.33. The van der Waals surface area contributed by atoms with Gasteiger partial charge in [0.05, 0.1) is 31.4 Å². The first-order valence-electron chi connectivity index (χ1n) is 13.8. The third kappa shape index (κ3) is 8.64. The van der Waals surface area contributed by atoms with Crippen LogP contribution in [-0.2, 0) is 26.2 Å². The maximum Gasteiger partial charge on any atom is 0.264 e. The number of hydrogen-bond donors (Lipinski definition) is 1. The molecule has 2 amide bonds. The molecule has 0 heterocycles. The van der Waals surface area contributed by atoms with Crippen molar-refractivity contribution in [3.05, 3.63) is 76.8 Å². The minimum Gasteiger partial charge on any atom is -0.494 e. The lowest BCUT2D eigenvalue weighted by Gasteiger charge is -2.32. The molecule has 0 bridgehead atoms. The van der Waals surface area contributed by atoms with Gasteiger partial charge in [0.25, 0.3) is 10.0 Å². The number of rotatable bonds is 15. The highest BCUT2D eigenvalue weighted by Crippen LogP contribution is 2.33. The predicted octanol–water partition coefficient (Wildman–Crippen LogP) is 5.00. The molecule has 10 nitrogen and oxygen atoms in total. The zero-order valence-electron chi connectivity index (χ0n) is 25.0. The van der Waals surface area contributed by atoms with Crippen LogP contribution < -0.4 is 23.8 Å². The lowest BCUT2D eigenvalue weighted by atomic mass is 10.1. The molecule has 1 unspecified atom stereocenters. The summed E-state index contributed by atoms with van der Waals surface area (Å²) in [4.78, 5) is 28.4. The number of methoxy groups -OCH3 is 2. The van der Waals surface area contributed by atoms with Gasteiger partial charge in [0.15, 0.2) is 11.5 Å². The van der Waals surface area contributed by atoms with Gasteiger partial charge >= 0.3 is 0 Å². The Morgan fingerprint density at radius 2 is 1.65 bits per heavy atom. The zero-order valence-corrected chi connectivity index (χ0v) is 27.4. The first-order chi connectivity index (χ1) is 20.5. The number of amides is 2. The van der Waals surface area contributed by atoms with Crippen molar-refractivity contribution >= 4 is 43.5 Å². The summed E-state index contributed by atoms with van der Waals surface area (Å²) in [5.41, 5.74) is 1.02. The van der Waals surface area contributed by atoms with Gasteiger partial charge < -0.3 is 24.4 Å². The number of benzene rings is 3. The van der Waals surface area contributed by atoms with Crippen LogP contribution in [0.2, 0.25) is 0 Å². The monoisotopic (exact) mass is 675 g/mol. The molecule has 0 aliphatic rings. The Morgan fingerprint density at radius 1 is 0.953 bits per heavy atom. The molecular formula is C31H38BrN3O7S. The van der Waals surface area contributed by atoms with E-state index >= 15 is 0 Å². The fourth-order valence-electron chi connectivity index (χ4n) is 4.32. The maximum atomic E-state index is 14.2. The predicted molar refractivity (Wildman–Crippen MR) is 169 cm³/mol. The van der Waals surface area contributed by atoms with Crippen LogP contribution in [-0.4, -0.2) is 65.1 Å². The fourth-order valence-corrected chi connectivity index (χ4v) is 6.20. The number of nitrogens with one attached hydrogen (secondary N) is 1. The van der Waals surface area contributed by atoms with Gasteiger partial charge in [-0.2, -0.15) is 0 Å². The average molecular weight is 677 g/mol. The van der Waals surface area contributed by atoms with Crippen molar-refractivity contribution in [2.75, 3.05) is 38.2 Å². The summed E-state index contributed by atoms with van der Waals surface area (Å²) in [6.45, 7) is 5.82. The van der Waals surface area contributed by atoms with Crippen LogP contribution in [0.25, 0.3) is 0 Å². The Morgan fingerprint density at radius 3 is 2.26 bits per heavy atom. The molecule has 0 radical (unpaired) electrons. The minimum absolute atomic E-state index is 0.0898. The minimum atomic E-state index is -4.30. The first kappa shape index (κ1) is 33.7. The molecule has 12 heteroatoms. The number of ether oxygens (including phenoxy) is 3. The van der Waals surface area contributed by atoms with Crippen molar-refractivity contribution in [3.8, 4) is 17.2 Å². The normalized spacial score (nSPS) is 11.8. The van der Waals surface area contributed by atoms with E-state index < -0.39 is 28.5 Å². The second-order valence-electron chi connectivity index (χ2n) is 9.57. The van der Waals surface area contributed by atoms with Crippen LogP contribution in [0.1, 0.15) is 32.8 Å². The van der Waals surface area contributed by atoms with Gasteiger partial charge in [0.1, 0.15) is 18.3 Å². The summed E-state index contributed by atoms with van der Waals surface area (Å²) in [6.07, 6.45) is 0.729. The number of sulfonamides is 1. The zero-order chi connectivity index (χ0) is 31.6. The van der Waals surface area contributed by atoms with E-state index in [0.717, 1.165) is 20.8 Å². The Labute approximate surface area is 262 Å². The molecular weight excluding hydrogens is 638 g/mol. The number of carbonyl (C=O) groups is 2. The molecule has 232 valence electrons. The summed E-state index contributed by atoms with van der Waals surface area (Å²) in [5.74, 6) is 0.243. The summed E-state index contributed by atoms with van der Waals surface area (Å²) in [6, 6.07) is 17.2. The Hall–Kier alpha value is -3.77. The van der Waals surface area contributed by atoms with Gasteiger partial charge in [-0.15, -0.1) is 0 Å². The van der Waals surface area contributed by atoms with Crippen LogP contribution in [0.4, 0.5) is 5.69 Å². The van der Waals surface area contributed by atoms with E-state index in [1.54, 1.807) is 31.2 Å². The standard InChI is InChI=1S/C31H38BrN3O7S/c1-6-17-33-31(37)22(3)34(20-23-9-8-10-24(32)18-23)30(36)21-35(25-11-13-26(14-12-25)42-7-2)43(38,39)27-15-16-28(40-4)29(19-27)41-5/h8-16,18-19,22H,6-7,17,20-21H2,1-5H3,(H,33,37). The van der Waals surface area contributed by atoms with Gasteiger partial charge in [-0.05, 0) is 74.4 Å². The Balaban J connectivity index is 2.07. The molecule has 0 aliphatic heterocycles. The van der Waals surface area contributed by atoms with Crippen molar-refractivity contribution in [1.82, 2.24) is 10.2 Å². The maximum absolute atomic E-state index is 14.2. The van der Waals surface area contributed by atoms with Crippen LogP contribution in [0.15, 0.2) is 76.1 Å². The molecule has 0 aromatic heterocycles. The number of hydrogen-bond acceptors (Lipinski definition) is 7. The largest absolute Gasteiger partial charge is 0.494 e. The topological polar surface area (TPSA) is 114 Å². The molecule has 3 aromatic rings. The van der Waals surface area contributed by atoms with Gasteiger partial charge in [0, 0.05) is 23.6 Å². The number of nitrogens with zero attached hydrogens (tertiary/aromatic N) is 2. The van der Waals surface area contributed by atoms with E-state index in [0.29, 0.717) is 24.7 Å². The van der Waals surface area contributed by atoms with Crippen molar-refractivity contribution in [3.63, 3.8) is 0 Å². The van der Waals surface area contributed by atoms with Gasteiger partial charge in [-0.3, -0.25) is 13.9 Å². The molecule has 1 atom stereocenters. The quantitative estimate of drug-likeness (QED) is 0.241. The van der Waals surface area contributed by atoms with Gasteiger partial charge in [-0.1, -0.05) is 35.0 Å². The van der Waals surface area contributed by atoms with E-state index in [-0.39, 0.29) is 28.8 Å². The van der Waals surface area contributed by atoms with E-state index in [9.17, 15) is 18.0 Å². The molecule has 1 N–H and O–H groups in total. The summed E-state index contributed by atoms with van der Waals surface area (Å²) < 4.78 is 46.3. The van der Waals surface area contributed by atoms with E-state index in [2.05, 4.69) is 21.2 Å². The Bertz CT molecular complexity index is 1500. The summed E-state index contributed by atoms with van der Waals surface area (Å²) >= 11 is 3.45. The average Bonchev–Trinajstić information content (AvgIpc) is 3.01. The van der Waals surface area contributed by atoms with E-state index in [1.165, 1.54) is 37.3 Å².